The molecule has 0 aliphatic carbocycles. The molecule has 2 aliphatic heterocycles. The zero-order chi connectivity index (χ0) is 28.4. The van der Waals surface area contributed by atoms with Crippen LogP contribution < -0.4 is 10.1 Å². The molecule has 40 heavy (non-hydrogen) atoms. The van der Waals surface area contributed by atoms with Crippen molar-refractivity contribution in [1.82, 2.24) is 5.01 Å². The number of benzene rings is 3. The predicted octanol–water partition coefficient (Wildman–Crippen LogP) is 6.55. The summed E-state index contributed by atoms with van der Waals surface area (Å²) in [5.74, 6) is -0.400. The summed E-state index contributed by atoms with van der Waals surface area (Å²) in [4.78, 5) is 29.6. The highest BCUT2D eigenvalue weighted by atomic mass is 35.5. The molecule has 12 heteroatoms. The van der Waals surface area contributed by atoms with Gasteiger partial charge in [-0.25, -0.2) is 5.01 Å². The third-order valence-electron chi connectivity index (χ3n) is 6.36. The average Bonchev–Trinajstić information content (AvgIpc) is 3.53. The molecule has 206 valence electrons. The first-order valence-corrected chi connectivity index (χ1v) is 13.4. The van der Waals surface area contributed by atoms with Gasteiger partial charge in [-0.2, -0.15) is 23.3 Å². The predicted molar refractivity (Wildman–Crippen MR) is 149 cm³/mol. The Balaban J connectivity index is 1.33. The fourth-order valence-corrected chi connectivity index (χ4v) is 5.53. The molecule has 0 fully saturated rings. The van der Waals surface area contributed by atoms with E-state index >= 15 is 0 Å². The lowest BCUT2D eigenvalue weighted by Gasteiger charge is -2.23. The summed E-state index contributed by atoms with van der Waals surface area (Å²) in [6, 6.07) is 18.8. The number of nitrogens with one attached hydrogen (secondary N) is 1. The van der Waals surface area contributed by atoms with E-state index in [1.807, 2.05) is 36.4 Å². The van der Waals surface area contributed by atoms with Gasteiger partial charge in [0.15, 0.2) is 5.17 Å². The van der Waals surface area contributed by atoms with Crippen molar-refractivity contribution >= 4 is 51.7 Å². The fourth-order valence-electron chi connectivity index (χ4n) is 4.35. The van der Waals surface area contributed by atoms with Gasteiger partial charge in [0.1, 0.15) is 11.0 Å². The Bertz CT molecular complexity index is 1490. The normalized spacial score (nSPS) is 18.9. The summed E-state index contributed by atoms with van der Waals surface area (Å²) in [6.07, 6.45) is -4.27. The number of carbonyl (C=O) groups is 2. The topological polar surface area (TPSA) is 83.4 Å². The first kappa shape index (κ1) is 27.7. The quantitative estimate of drug-likeness (QED) is 0.354. The number of halogens is 4. The molecular weight excluding hydrogens is 565 g/mol. The van der Waals surface area contributed by atoms with Crippen molar-refractivity contribution in [3.05, 3.63) is 94.5 Å². The highest BCUT2D eigenvalue weighted by molar-refractivity contribution is 8.15. The van der Waals surface area contributed by atoms with Crippen molar-refractivity contribution in [2.75, 3.05) is 12.4 Å². The third kappa shape index (κ3) is 6.15. The minimum absolute atomic E-state index is 0.00695. The highest BCUT2D eigenvalue weighted by Crippen LogP contribution is 2.39. The number of rotatable bonds is 6. The Morgan fingerprint density at radius 3 is 2.52 bits per heavy atom. The molecule has 2 atom stereocenters. The molecular formula is C28H22ClF3N4O3S. The van der Waals surface area contributed by atoms with Crippen LogP contribution in [0.5, 0.6) is 5.75 Å². The van der Waals surface area contributed by atoms with Gasteiger partial charge in [0.2, 0.25) is 5.91 Å². The van der Waals surface area contributed by atoms with E-state index < -0.39 is 28.8 Å². The minimum atomic E-state index is -4.54. The van der Waals surface area contributed by atoms with E-state index in [-0.39, 0.29) is 18.2 Å². The number of anilines is 1. The number of thioether (sulfide) groups is 1. The van der Waals surface area contributed by atoms with E-state index in [1.54, 1.807) is 24.3 Å². The number of alkyl halides is 3. The summed E-state index contributed by atoms with van der Waals surface area (Å²) in [7, 11) is 1.59. The minimum Gasteiger partial charge on any atom is -0.497 e. The van der Waals surface area contributed by atoms with Gasteiger partial charge in [-0.1, -0.05) is 41.6 Å². The van der Waals surface area contributed by atoms with Gasteiger partial charge in [0, 0.05) is 23.6 Å². The summed E-state index contributed by atoms with van der Waals surface area (Å²) in [5.41, 5.74) is 1.69. The smallest absolute Gasteiger partial charge is 0.416 e. The van der Waals surface area contributed by atoms with Crippen molar-refractivity contribution < 1.29 is 27.5 Å². The number of ether oxygens (including phenoxy) is 1. The first-order valence-electron chi connectivity index (χ1n) is 12.1. The lowest BCUT2D eigenvalue weighted by molar-refractivity contribution is -0.137. The maximum atomic E-state index is 13.0. The first-order chi connectivity index (χ1) is 19.1. The molecule has 1 N–H and O–H groups in total. The van der Waals surface area contributed by atoms with E-state index in [0.29, 0.717) is 22.4 Å². The Labute approximate surface area is 237 Å². The molecule has 2 unspecified atom stereocenters. The van der Waals surface area contributed by atoms with E-state index in [2.05, 4.69) is 10.3 Å². The molecule has 0 radical (unpaired) electrons. The standard InChI is InChI=1S/C28H22ClF3N4O3S/c1-39-21-11-7-16(8-12-21)22-14-23(17-5-9-19(29)10-6-17)36(35-22)27-34-26(38)24(40-27)15-25(37)33-20-4-2-3-18(13-20)28(30,31)32/h2-13,23-24H,14-15H2,1H3,(H,33,37). The molecule has 5 rings (SSSR count). The van der Waals surface area contributed by atoms with Crippen LogP contribution in [0.1, 0.15) is 35.6 Å². The van der Waals surface area contributed by atoms with Crippen LogP contribution in [0.15, 0.2) is 82.9 Å². The van der Waals surface area contributed by atoms with Crippen LogP contribution in [0.4, 0.5) is 18.9 Å². The van der Waals surface area contributed by atoms with Gasteiger partial charge in [0.05, 0.1) is 24.4 Å². The van der Waals surface area contributed by atoms with Crippen LogP contribution in [0.3, 0.4) is 0 Å². The number of nitrogens with zero attached hydrogens (tertiary/aromatic N) is 3. The average molecular weight is 587 g/mol. The zero-order valence-corrected chi connectivity index (χ0v) is 22.6. The van der Waals surface area contributed by atoms with Crippen LogP contribution in [-0.4, -0.2) is 40.1 Å². The zero-order valence-electron chi connectivity index (χ0n) is 21.0. The van der Waals surface area contributed by atoms with Crippen molar-refractivity contribution in [3.8, 4) is 5.75 Å². The number of carbonyl (C=O) groups excluding carboxylic acids is 2. The molecule has 3 aromatic rings. The number of hydrazone groups is 1. The second kappa shape index (κ2) is 11.3. The van der Waals surface area contributed by atoms with Gasteiger partial charge < -0.3 is 10.1 Å². The number of amidine groups is 1. The molecule has 7 nitrogen and oxygen atoms in total. The fraction of sp³-hybridized carbons (Fsp3) is 0.214. The number of amides is 2. The van der Waals surface area contributed by atoms with Gasteiger partial charge >= 0.3 is 6.18 Å². The second-order valence-electron chi connectivity index (χ2n) is 9.06. The van der Waals surface area contributed by atoms with Crippen LogP contribution in [0.2, 0.25) is 5.02 Å². The van der Waals surface area contributed by atoms with Crippen molar-refractivity contribution in [2.45, 2.75) is 30.3 Å². The molecule has 0 aromatic heterocycles. The highest BCUT2D eigenvalue weighted by Gasteiger charge is 2.39. The maximum absolute atomic E-state index is 13.0. The third-order valence-corrected chi connectivity index (χ3v) is 7.75. The number of hydrogen-bond donors (Lipinski definition) is 1. The van der Waals surface area contributed by atoms with Gasteiger partial charge in [0.25, 0.3) is 5.91 Å². The molecule has 0 bridgehead atoms. The lowest BCUT2D eigenvalue weighted by Crippen LogP contribution is -2.25. The molecule has 0 saturated carbocycles. The van der Waals surface area contributed by atoms with Gasteiger partial charge in [-0.15, -0.1) is 0 Å². The van der Waals surface area contributed by atoms with Gasteiger partial charge in [-0.05, 0) is 65.7 Å². The van der Waals surface area contributed by atoms with E-state index in [4.69, 9.17) is 21.4 Å². The number of methoxy groups -OCH3 is 1. The Hall–Kier alpha value is -3.83. The molecule has 2 aliphatic rings. The lowest BCUT2D eigenvalue weighted by atomic mass is 9.98. The number of hydrogen-bond acceptors (Lipinski definition) is 6. The summed E-state index contributed by atoms with van der Waals surface area (Å²) < 4.78 is 44.3. The maximum Gasteiger partial charge on any atom is 0.416 e. The van der Waals surface area contributed by atoms with Crippen LogP contribution in [-0.2, 0) is 15.8 Å². The van der Waals surface area contributed by atoms with Crippen LogP contribution in [0, 0.1) is 0 Å². The second-order valence-corrected chi connectivity index (χ2v) is 10.7. The Kier molecular flexibility index (Phi) is 7.86. The Morgan fingerprint density at radius 1 is 1.12 bits per heavy atom. The summed E-state index contributed by atoms with van der Waals surface area (Å²) in [5, 5.41) is 8.99. The molecule has 0 spiro atoms. The van der Waals surface area contributed by atoms with Gasteiger partial charge in [-0.3, -0.25) is 9.59 Å². The number of aliphatic imine (C=N–C) groups is 1. The van der Waals surface area contributed by atoms with E-state index in [0.717, 1.165) is 40.7 Å². The largest absolute Gasteiger partial charge is 0.497 e. The molecule has 2 heterocycles. The molecule has 3 aromatic carbocycles. The van der Waals surface area contributed by atoms with Crippen molar-refractivity contribution in [2.24, 2.45) is 10.1 Å². The summed E-state index contributed by atoms with van der Waals surface area (Å²) >= 11 is 7.19. The van der Waals surface area contributed by atoms with Crippen LogP contribution in [0.25, 0.3) is 0 Å². The molecule has 2 amide bonds. The van der Waals surface area contributed by atoms with E-state index in [1.165, 1.54) is 12.1 Å². The monoisotopic (exact) mass is 586 g/mol. The Morgan fingerprint density at radius 2 is 1.85 bits per heavy atom. The summed E-state index contributed by atoms with van der Waals surface area (Å²) in [6.45, 7) is 0. The SMILES string of the molecule is COc1ccc(C2=NN(C3=NC(=O)C(CC(=O)Nc4cccc(C(F)(F)F)c4)S3)C(c3ccc(Cl)cc3)C2)cc1. The van der Waals surface area contributed by atoms with Crippen LogP contribution >= 0.6 is 23.4 Å². The molecule has 0 saturated heterocycles. The van der Waals surface area contributed by atoms with Crippen molar-refractivity contribution in [3.63, 3.8) is 0 Å². The van der Waals surface area contributed by atoms with E-state index in [9.17, 15) is 22.8 Å². The van der Waals surface area contributed by atoms with Crippen molar-refractivity contribution in [1.29, 1.82) is 0 Å².